The molecule has 5 heteroatoms. The van der Waals surface area contributed by atoms with Gasteiger partial charge in [-0.1, -0.05) is 18.2 Å². The third kappa shape index (κ3) is 6.00. The summed E-state index contributed by atoms with van der Waals surface area (Å²) >= 11 is 0. The van der Waals surface area contributed by atoms with Crippen LogP contribution in [0.3, 0.4) is 0 Å². The van der Waals surface area contributed by atoms with Gasteiger partial charge in [0.25, 0.3) is 0 Å². The minimum Gasteiger partial charge on any atom is -0.508 e. The van der Waals surface area contributed by atoms with Crippen molar-refractivity contribution in [3.8, 4) is 17.2 Å². The van der Waals surface area contributed by atoms with Crippen molar-refractivity contribution in [1.29, 1.82) is 0 Å². The lowest BCUT2D eigenvalue weighted by molar-refractivity contribution is 0.161. The smallest absolute Gasteiger partial charge is 0.123 e. The number of para-hydroxylation sites is 1. The van der Waals surface area contributed by atoms with Crippen LogP contribution in [0.2, 0.25) is 0 Å². The summed E-state index contributed by atoms with van der Waals surface area (Å²) in [6.07, 6.45) is 0.696. The molecule has 122 valence electrons. The highest BCUT2D eigenvalue weighted by Gasteiger charge is 2.03. The van der Waals surface area contributed by atoms with Crippen molar-refractivity contribution in [2.75, 3.05) is 19.8 Å². The highest BCUT2D eigenvalue weighted by Crippen LogP contribution is 2.16. The van der Waals surface area contributed by atoms with Crippen LogP contribution in [0, 0.1) is 6.92 Å². The molecule has 1 unspecified atom stereocenters. The Balaban J connectivity index is 1.65. The number of aliphatic imine (C=N–C) groups is 1. The van der Waals surface area contributed by atoms with E-state index in [2.05, 4.69) is 4.99 Å². The number of hydrogen-bond donors (Lipinski definition) is 2. The van der Waals surface area contributed by atoms with Gasteiger partial charge in [0.05, 0.1) is 6.54 Å². The summed E-state index contributed by atoms with van der Waals surface area (Å²) < 4.78 is 11.0. The van der Waals surface area contributed by atoms with Crippen LogP contribution in [0.4, 0.5) is 0 Å². The first kappa shape index (κ1) is 16.8. The van der Waals surface area contributed by atoms with Gasteiger partial charge in [0, 0.05) is 6.21 Å². The molecule has 0 fully saturated rings. The molecule has 1 atom stereocenters. The molecule has 0 bridgehead atoms. The molecular weight excluding hydrogens is 294 g/mol. The first-order chi connectivity index (χ1) is 11.1. The van der Waals surface area contributed by atoms with Crippen molar-refractivity contribution in [2.45, 2.75) is 13.0 Å². The molecule has 2 N–H and O–H groups in total. The fourth-order valence-corrected chi connectivity index (χ4v) is 1.89. The van der Waals surface area contributed by atoms with Crippen molar-refractivity contribution in [2.24, 2.45) is 4.99 Å². The molecule has 0 saturated heterocycles. The largest absolute Gasteiger partial charge is 0.508 e. The number of hydrogen-bond acceptors (Lipinski definition) is 5. The minimum atomic E-state index is -0.761. The van der Waals surface area contributed by atoms with Gasteiger partial charge in [0.15, 0.2) is 0 Å². The Bertz CT molecular complexity index is 625. The van der Waals surface area contributed by atoms with E-state index in [1.54, 1.807) is 24.3 Å². The van der Waals surface area contributed by atoms with Crippen molar-refractivity contribution in [3.63, 3.8) is 0 Å². The standard InChI is InChI=1S/C18H21NO4/c1-14-4-2-3-5-18(14)23-13-16(21)12-19-10-11-22-17-8-6-15(20)7-9-17/h2-9,12,16,20-21H,10-11,13H2,1H3. The van der Waals surface area contributed by atoms with E-state index in [4.69, 9.17) is 14.6 Å². The predicted octanol–water partition coefficient (Wildman–Crippen LogP) is 2.59. The second-order valence-corrected chi connectivity index (χ2v) is 5.04. The molecule has 0 saturated carbocycles. The summed E-state index contributed by atoms with van der Waals surface area (Å²) in [6, 6.07) is 14.1. The SMILES string of the molecule is Cc1ccccc1OCC(O)C=NCCOc1ccc(O)cc1. The van der Waals surface area contributed by atoms with E-state index in [9.17, 15) is 5.11 Å². The topological polar surface area (TPSA) is 71.3 Å². The molecule has 23 heavy (non-hydrogen) atoms. The highest BCUT2D eigenvalue weighted by atomic mass is 16.5. The highest BCUT2D eigenvalue weighted by molar-refractivity contribution is 5.62. The van der Waals surface area contributed by atoms with E-state index in [-0.39, 0.29) is 12.4 Å². The van der Waals surface area contributed by atoms with Crippen LogP contribution in [0.1, 0.15) is 5.56 Å². The number of benzene rings is 2. The Labute approximate surface area is 135 Å². The zero-order valence-electron chi connectivity index (χ0n) is 13.1. The first-order valence-corrected chi connectivity index (χ1v) is 7.43. The monoisotopic (exact) mass is 315 g/mol. The summed E-state index contributed by atoms with van der Waals surface area (Å²) in [4.78, 5) is 4.11. The molecule has 0 amide bonds. The maximum Gasteiger partial charge on any atom is 0.123 e. The quantitative estimate of drug-likeness (QED) is 0.580. The fourth-order valence-electron chi connectivity index (χ4n) is 1.89. The number of aliphatic hydroxyl groups is 1. The van der Waals surface area contributed by atoms with Crippen molar-refractivity contribution >= 4 is 6.21 Å². The second kappa shape index (κ2) is 8.80. The molecule has 0 spiro atoms. The van der Waals surface area contributed by atoms with Gasteiger partial charge in [-0.25, -0.2) is 0 Å². The maximum absolute atomic E-state index is 9.81. The lowest BCUT2D eigenvalue weighted by Gasteiger charge is -2.10. The van der Waals surface area contributed by atoms with Crippen molar-refractivity contribution in [1.82, 2.24) is 0 Å². The van der Waals surface area contributed by atoms with Crippen LogP contribution >= 0.6 is 0 Å². The van der Waals surface area contributed by atoms with Crippen molar-refractivity contribution in [3.05, 3.63) is 54.1 Å². The molecule has 0 aliphatic heterocycles. The van der Waals surface area contributed by atoms with Crippen LogP contribution in [0.5, 0.6) is 17.2 Å². The van der Waals surface area contributed by atoms with Crippen LogP contribution in [0.25, 0.3) is 0 Å². The lowest BCUT2D eigenvalue weighted by Crippen LogP contribution is -2.19. The van der Waals surface area contributed by atoms with Gasteiger partial charge in [-0.05, 0) is 42.8 Å². The van der Waals surface area contributed by atoms with Gasteiger partial charge in [-0.3, -0.25) is 4.99 Å². The summed E-state index contributed by atoms with van der Waals surface area (Å²) in [5.41, 5.74) is 1.03. The van der Waals surface area contributed by atoms with Crippen LogP contribution in [-0.4, -0.2) is 42.3 Å². The second-order valence-electron chi connectivity index (χ2n) is 5.04. The van der Waals surface area contributed by atoms with Gasteiger partial charge in [-0.15, -0.1) is 0 Å². The predicted molar refractivity (Wildman–Crippen MR) is 89.6 cm³/mol. The number of ether oxygens (including phenoxy) is 2. The van der Waals surface area contributed by atoms with Gasteiger partial charge in [0.1, 0.15) is 36.6 Å². The zero-order valence-corrected chi connectivity index (χ0v) is 13.1. The average molecular weight is 315 g/mol. The summed E-state index contributed by atoms with van der Waals surface area (Å²) in [7, 11) is 0. The first-order valence-electron chi connectivity index (χ1n) is 7.43. The Kier molecular flexibility index (Phi) is 6.44. The number of aromatic hydroxyl groups is 1. The number of rotatable bonds is 8. The van der Waals surface area contributed by atoms with Crippen molar-refractivity contribution < 1.29 is 19.7 Å². The van der Waals surface area contributed by atoms with Gasteiger partial charge in [-0.2, -0.15) is 0 Å². The Morgan fingerprint density at radius 3 is 2.57 bits per heavy atom. The van der Waals surface area contributed by atoms with Crippen LogP contribution in [-0.2, 0) is 0 Å². The summed E-state index contributed by atoms with van der Waals surface area (Å²) in [5, 5.41) is 19.0. The van der Waals surface area contributed by atoms with Crippen LogP contribution in [0.15, 0.2) is 53.5 Å². The maximum atomic E-state index is 9.81. The van der Waals surface area contributed by atoms with Gasteiger partial charge < -0.3 is 19.7 Å². The normalized spacial score (nSPS) is 12.3. The van der Waals surface area contributed by atoms with E-state index in [0.29, 0.717) is 18.9 Å². The molecular formula is C18H21NO4. The minimum absolute atomic E-state index is 0.160. The average Bonchev–Trinajstić information content (AvgIpc) is 2.55. The molecule has 2 aromatic carbocycles. The van der Waals surface area contributed by atoms with E-state index in [1.165, 1.54) is 6.21 Å². The molecule has 0 heterocycles. The van der Waals surface area contributed by atoms with E-state index < -0.39 is 6.10 Å². The number of phenols is 1. The third-order valence-corrected chi connectivity index (χ3v) is 3.11. The zero-order chi connectivity index (χ0) is 16.5. The molecule has 0 aliphatic rings. The third-order valence-electron chi connectivity index (χ3n) is 3.11. The molecule has 0 radical (unpaired) electrons. The van der Waals surface area contributed by atoms with E-state index >= 15 is 0 Å². The fraction of sp³-hybridized carbons (Fsp3) is 0.278. The van der Waals surface area contributed by atoms with Crippen LogP contribution < -0.4 is 9.47 Å². The number of aliphatic hydroxyl groups excluding tert-OH is 1. The molecule has 0 aliphatic carbocycles. The Morgan fingerprint density at radius 1 is 1.09 bits per heavy atom. The van der Waals surface area contributed by atoms with Gasteiger partial charge in [0.2, 0.25) is 0 Å². The molecule has 2 rings (SSSR count). The Morgan fingerprint density at radius 2 is 1.83 bits per heavy atom. The number of phenolic OH excluding ortho intramolecular Hbond substituents is 1. The lowest BCUT2D eigenvalue weighted by atomic mass is 10.2. The van der Waals surface area contributed by atoms with E-state index in [1.807, 2.05) is 31.2 Å². The Hall–Kier alpha value is -2.53. The van der Waals surface area contributed by atoms with E-state index in [0.717, 1.165) is 11.3 Å². The molecule has 2 aromatic rings. The number of aryl methyl sites for hydroxylation is 1. The molecule has 0 aromatic heterocycles. The molecule has 5 nitrogen and oxygen atoms in total. The summed E-state index contributed by atoms with van der Waals surface area (Å²) in [6.45, 7) is 2.94. The number of nitrogens with zero attached hydrogens (tertiary/aromatic N) is 1. The summed E-state index contributed by atoms with van der Waals surface area (Å²) in [5.74, 6) is 1.63. The van der Waals surface area contributed by atoms with Gasteiger partial charge >= 0.3 is 0 Å².